The zero-order valence-electron chi connectivity index (χ0n) is 14.0. The third-order valence-electron chi connectivity index (χ3n) is 4.52. The number of hydrogen-bond donors (Lipinski definition) is 2. The molecular weight excluding hydrogens is 290 g/mol. The molecule has 3 atom stereocenters. The Balaban J connectivity index is 1.69. The van der Waals surface area contributed by atoms with Gasteiger partial charge in [-0.25, -0.2) is 4.79 Å². The number of amides is 2. The Bertz CT molecular complexity index is 724. The molecule has 2 aromatic rings. The van der Waals surface area contributed by atoms with Gasteiger partial charge >= 0.3 is 6.03 Å². The van der Waals surface area contributed by atoms with Crippen molar-refractivity contribution in [2.45, 2.75) is 39.3 Å². The standard InChI is InChI=1S/C17H23N5O/c1-10-5-6-13-8-11(2)15(14(13)7-10)20-17(23)19-12(3)16-21-18-9-22(16)4/h5-7,9,11-12,15H,8H2,1-4H3,(H2,19,20,23)/t11-,12?,15+/m0/s1. The fourth-order valence-electron chi connectivity index (χ4n) is 3.31. The van der Waals surface area contributed by atoms with Gasteiger partial charge < -0.3 is 15.2 Å². The molecule has 0 fully saturated rings. The van der Waals surface area contributed by atoms with Crippen LogP contribution in [0.3, 0.4) is 0 Å². The van der Waals surface area contributed by atoms with Crippen LogP contribution in [0.2, 0.25) is 0 Å². The summed E-state index contributed by atoms with van der Waals surface area (Å²) in [6.07, 6.45) is 2.63. The summed E-state index contributed by atoms with van der Waals surface area (Å²) in [4.78, 5) is 12.4. The lowest BCUT2D eigenvalue weighted by molar-refractivity contribution is 0.230. The smallest absolute Gasteiger partial charge is 0.315 e. The number of carbonyl (C=O) groups is 1. The van der Waals surface area contributed by atoms with Gasteiger partial charge in [0.15, 0.2) is 5.82 Å². The van der Waals surface area contributed by atoms with Crippen LogP contribution in [0, 0.1) is 12.8 Å². The number of fused-ring (bicyclic) bond motifs is 1. The predicted octanol–water partition coefficient (Wildman–Crippen LogP) is 2.42. The van der Waals surface area contributed by atoms with Gasteiger partial charge in [0.25, 0.3) is 0 Å². The minimum atomic E-state index is -0.198. The van der Waals surface area contributed by atoms with Crippen LogP contribution in [0.4, 0.5) is 4.79 Å². The van der Waals surface area contributed by atoms with Crippen molar-refractivity contribution in [3.8, 4) is 0 Å². The van der Waals surface area contributed by atoms with Crippen LogP contribution >= 0.6 is 0 Å². The quantitative estimate of drug-likeness (QED) is 0.914. The molecule has 1 aliphatic rings. The van der Waals surface area contributed by atoms with Crippen molar-refractivity contribution >= 4 is 6.03 Å². The maximum Gasteiger partial charge on any atom is 0.315 e. The molecule has 0 saturated carbocycles. The second-order valence-corrected chi connectivity index (χ2v) is 6.50. The number of carbonyl (C=O) groups excluding carboxylic acids is 1. The Morgan fingerprint density at radius 2 is 2.22 bits per heavy atom. The lowest BCUT2D eigenvalue weighted by Gasteiger charge is -2.21. The van der Waals surface area contributed by atoms with Crippen LogP contribution in [-0.4, -0.2) is 20.8 Å². The van der Waals surface area contributed by atoms with Gasteiger partial charge in [0.2, 0.25) is 0 Å². The van der Waals surface area contributed by atoms with Crippen molar-refractivity contribution in [1.82, 2.24) is 25.4 Å². The molecule has 1 heterocycles. The molecule has 0 saturated heterocycles. The van der Waals surface area contributed by atoms with Crippen molar-refractivity contribution in [1.29, 1.82) is 0 Å². The highest BCUT2D eigenvalue weighted by Gasteiger charge is 2.31. The van der Waals surface area contributed by atoms with E-state index >= 15 is 0 Å². The molecule has 122 valence electrons. The number of urea groups is 1. The topological polar surface area (TPSA) is 71.8 Å². The van der Waals surface area contributed by atoms with Gasteiger partial charge in [0, 0.05) is 7.05 Å². The first kappa shape index (κ1) is 15.5. The van der Waals surface area contributed by atoms with Crippen LogP contribution in [0.25, 0.3) is 0 Å². The average Bonchev–Trinajstić information content (AvgIpc) is 3.04. The van der Waals surface area contributed by atoms with Crippen molar-refractivity contribution < 1.29 is 4.79 Å². The summed E-state index contributed by atoms with van der Waals surface area (Å²) in [6.45, 7) is 6.16. The number of aryl methyl sites for hydroxylation is 2. The van der Waals surface area contributed by atoms with E-state index in [0.717, 1.165) is 12.2 Å². The van der Waals surface area contributed by atoms with Gasteiger partial charge in [-0.15, -0.1) is 10.2 Å². The molecule has 2 amide bonds. The molecule has 1 aliphatic carbocycles. The minimum Gasteiger partial charge on any atom is -0.331 e. The van der Waals surface area contributed by atoms with Crippen molar-refractivity contribution in [2.75, 3.05) is 0 Å². The molecule has 6 nitrogen and oxygen atoms in total. The number of nitrogens with zero attached hydrogens (tertiary/aromatic N) is 3. The summed E-state index contributed by atoms with van der Waals surface area (Å²) >= 11 is 0. The summed E-state index contributed by atoms with van der Waals surface area (Å²) in [6, 6.07) is 6.16. The first-order valence-corrected chi connectivity index (χ1v) is 7.96. The zero-order valence-corrected chi connectivity index (χ0v) is 14.0. The molecule has 1 aromatic heterocycles. The van der Waals surface area contributed by atoms with Gasteiger partial charge in [-0.1, -0.05) is 30.7 Å². The summed E-state index contributed by atoms with van der Waals surface area (Å²) < 4.78 is 1.81. The molecule has 2 N–H and O–H groups in total. The first-order chi connectivity index (χ1) is 11.0. The molecule has 6 heteroatoms. The third kappa shape index (κ3) is 3.06. The SMILES string of the molecule is Cc1ccc2c(c1)[C@H](NC(=O)NC(C)c1nncn1C)[C@@H](C)C2. The Hall–Kier alpha value is -2.37. The number of aromatic nitrogens is 3. The molecular formula is C17H23N5O. The summed E-state index contributed by atoms with van der Waals surface area (Å²) in [5.74, 6) is 1.12. The van der Waals surface area contributed by atoms with E-state index in [1.807, 2.05) is 18.5 Å². The Morgan fingerprint density at radius 1 is 1.43 bits per heavy atom. The van der Waals surface area contributed by atoms with E-state index in [2.05, 4.69) is 52.9 Å². The van der Waals surface area contributed by atoms with Crippen LogP contribution in [0.5, 0.6) is 0 Å². The Morgan fingerprint density at radius 3 is 2.91 bits per heavy atom. The largest absolute Gasteiger partial charge is 0.331 e. The van der Waals surface area contributed by atoms with Crippen LogP contribution < -0.4 is 10.6 Å². The highest BCUT2D eigenvalue weighted by atomic mass is 16.2. The fraction of sp³-hybridized carbons (Fsp3) is 0.471. The normalized spacial score (nSPS) is 20.9. The van der Waals surface area contributed by atoms with E-state index < -0.39 is 0 Å². The van der Waals surface area contributed by atoms with E-state index in [-0.39, 0.29) is 18.1 Å². The maximum absolute atomic E-state index is 12.4. The molecule has 0 bridgehead atoms. The van der Waals surface area contributed by atoms with Crippen molar-refractivity contribution in [2.24, 2.45) is 13.0 Å². The molecule has 1 unspecified atom stereocenters. The van der Waals surface area contributed by atoms with E-state index in [1.54, 1.807) is 6.33 Å². The van der Waals surface area contributed by atoms with Crippen molar-refractivity contribution in [3.63, 3.8) is 0 Å². The molecule has 1 aromatic carbocycles. The molecule has 0 radical (unpaired) electrons. The Kier molecular flexibility index (Phi) is 4.07. The predicted molar refractivity (Wildman–Crippen MR) is 87.9 cm³/mol. The molecule has 23 heavy (non-hydrogen) atoms. The summed E-state index contributed by atoms with van der Waals surface area (Å²) in [5, 5.41) is 13.9. The molecule has 3 rings (SSSR count). The Labute approximate surface area is 136 Å². The van der Waals surface area contributed by atoms with Crippen LogP contribution in [0.15, 0.2) is 24.5 Å². The number of hydrogen-bond acceptors (Lipinski definition) is 3. The number of rotatable bonds is 3. The fourth-order valence-corrected chi connectivity index (χ4v) is 3.31. The second kappa shape index (κ2) is 6.02. The highest BCUT2D eigenvalue weighted by Crippen LogP contribution is 2.36. The van der Waals surface area contributed by atoms with Gasteiger partial charge in [0.1, 0.15) is 6.33 Å². The van der Waals surface area contributed by atoms with E-state index in [9.17, 15) is 4.79 Å². The average molecular weight is 313 g/mol. The number of benzene rings is 1. The van der Waals surface area contributed by atoms with Crippen molar-refractivity contribution in [3.05, 3.63) is 47.0 Å². The molecule has 0 spiro atoms. The highest BCUT2D eigenvalue weighted by molar-refractivity contribution is 5.75. The van der Waals surface area contributed by atoms with Gasteiger partial charge in [0.05, 0.1) is 12.1 Å². The van der Waals surface area contributed by atoms with Crippen LogP contribution in [-0.2, 0) is 13.5 Å². The molecule has 0 aliphatic heterocycles. The minimum absolute atomic E-state index is 0.0524. The van der Waals surface area contributed by atoms with E-state index in [4.69, 9.17) is 0 Å². The van der Waals surface area contributed by atoms with Crippen LogP contribution in [0.1, 0.15) is 48.4 Å². The monoisotopic (exact) mass is 313 g/mol. The lowest BCUT2D eigenvalue weighted by Crippen LogP contribution is -2.40. The zero-order chi connectivity index (χ0) is 16.6. The first-order valence-electron chi connectivity index (χ1n) is 7.96. The van der Waals surface area contributed by atoms with Gasteiger partial charge in [-0.3, -0.25) is 0 Å². The summed E-state index contributed by atoms with van der Waals surface area (Å²) in [5.41, 5.74) is 3.78. The number of nitrogens with one attached hydrogen (secondary N) is 2. The van der Waals surface area contributed by atoms with E-state index in [0.29, 0.717) is 5.92 Å². The van der Waals surface area contributed by atoms with E-state index in [1.165, 1.54) is 16.7 Å². The van der Waals surface area contributed by atoms with Gasteiger partial charge in [-0.05, 0) is 37.3 Å². The lowest BCUT2D eigenvalue weighted by atomic mass is 10.0. The summed E-state index contributed by atoms with van der Waals surface area (Å²) in [7, 11) is 1.86. The maximum atomic E-state index is 12.4. The second-order valence-electron chi connectivity index (χ2n) is 6.50. The van der Waals surface area contributed by atoms with Gasteiger partial charge in [-0.2, -0.15) is 0 Å². The third-order valence-corrected chi connectivity index (χ3v) is 4.52.